The van der Waals surface area contributed by atoms with E-state index in [-0.39, 0.29) is 11.8 Å². The molecule has 0 bridgehead atoms. The SMILES string of the molecule is O=P(c1ccccc1)(c1ccccc1)c1ccc(-c2c3ccccc3c(-c3ccc(P(=O)(c4ccccc4)c4ccccc4)cc3)c3ccccc23)cc1.O=P(c1ccccc1)(c1ccccc1)c1ccc(-c2ccc(P(=O)(c3ccccc3)c3ccccc3)s2)s1.O=P(c1ccccc1)(c1ccccc1)c1ccc(-c2nnc(-c3ccc(P(=O)(c4ccccc4)c4ccccc4)nc3)o2)cn1. The highest BCUT2D eigenvalue weighted by molar-refractivity contribution is 7.90. The van der Waals surface area contributed by atoms with Gasteiger partial charge in [-0.1, -0.05) is 461 Å². The van der Waals surface area contributed by atoms with Crippen LogP contribution in [-0.2, 0) is 27.4 Å². The number of benzene rings is 17. The van der Waals surface area contributed by atoms with Crippen LogP contribution in [0.1, 0.15) is 0 Å². The molecular formula is C118H86N4O7P6S2. The summed E-state index contributed by atoms with van der Waals surface area (Å²) in [7, 11) is -18.7. The maximum atomic E-state index is 15.1. The van der Waals surface area contributed by atoms with Gasteiger partial charge in [-0.2, -0.15) is 0 Å². The Bertz CT molecular complexity index is 7480. The van der Waals surface area contributed by atoms with Crippen molar-refractivity contribution < 1.29 is 31.8 Å². The van der Waals surface area contributed by atoms with E-state index in [1.807, 2.05) is 413 Å². The molecule has 0 saturated heterocycles. The predicted molar refractivity (Wildman–Crippen MR) is 577 cm³/mol. The van der Waals surface area contributed by atoms with Crippen LogP contribution in [0.25, 0.3) is 76.5 Å². The summed E-state index contributed by atoms with van der Waals surface area (Å²) < 4.78 is 96.7. The molecule has 22 aromatic rings. The summed E-state index contributed by atoms with van der Waals surface area (Å²) in [4.78, 5) is 11.3. The highest BCUT2D eigenvalue weighted by Gasteiger charge is 2.38. The van der Waals surface area contributed by atoms with E-state index in [1.165, 1.54) is 0 Å². The Balaban J connectivity index is 0.000000129. The third kappa shape index (κ3) is 17.5. The topological polar surface area (TPSA) is 167 Å². The standard InChI is InChI=1S/C50H36O2P2.C36H26N4O3P2.C32H24O2P2S2/c51-53(39-17-5-1-6-18-39,40-19-7-2-8-20-40)43-33-29-37(30-34-43)49-45-25-13-15-27-47(45)50(48-28-16-14-26-46(48)49)38-31-35-44(36-32-38)54(52,41-21-9-3-10-22-41)42-23-11-4-12-24-42;41-44(29-13-5-1-6-14-29,30-15-7-2-8-16-30)33-23-21-27(25-37-33)35-39-40-36(43-35)28-22-24-34(38-26-28)45(42,31-17-9-3-10-18-31)32-19-11-4-12-20-32;33-35(25-13-5-1-6-14-25,26-15-7-2-8-16-26)31-23-21-29(37-31)30-22-24-32(38-30)36(34,27-17-9-3-10-18-27)28-19-11-4-12-20-28/h1-36H;1-26H;1-24H. The lowest BCUT2D eigenvalue weighted by atomic mass is 9.86. The second-order valence-corrected chi connectivity index (χ2v) is 51.8. The van der Waals surface area contributed by atoms with Crippen molar-refractivity contribution in [3.05, 3.63) is 522 Å². The zero-order chi connectivity index (χ0) is 93.2. The summed E-state index contributed by atoms with van der Waals surface area (Å²) in [6.45, 7) is 0. The molecule has 0 saturated carbocycles. The van der Waals surface area contributed by atoms with E-state index in [9.17, 15) is 18.3 Å². The summed E-state index contributed by atoms with van der Waals surface area (Å²) in [5.74, 6) is 0.531. The van der Waals surface area contributed by atoms with E-state index in [4.69, 9.17) is 4.42 Å². The molecule has 22 rings (SSSR count). The van der Waals surface area contributed by atoms with Gasteiger partial charge in [0.15, 0.2) is 42.9 Å². The van der Waals surface area contributed by atoms with E-state index in [0.29, 0.717) is 43.2 Å². The molecule has 0 fully saturated rings. The van der Waals surface area contributed by atoms with E-state index in [1.54, 1.807) is 59.3 Å². The Morgan fingerprint density at radius 2 is 0.365 bits per heavy atom. The van der Waals surface area contributed by atoms with Crippen LogP contribution < -0.4 is 94.4 Å². The fourth-order valence-corrected chi connectivity index (χ4v) is 37.1. The van der Waals surface area contributed by atoms with E-state index in [2.05, 4.69) is 93.0 Å². The second-order valence-electron chi connectivity index (χ2n) is 32.6. The Morgan fingerprint density at radius 1 is 0.175 bits per heavy atom. The number of rotatable bonds is 23. The van der Waals surface area contributed by atoms with Gasteiger partial charge in [0.25, 0.3) is 0 Å². The number of thiophene rings is 2. The molecule has 0 aliphatic heterocycles. The summed E-state index contributed by atoms with van der Waals surface area (Å²) in [6.07, 6.45) is 3.20. The smallest absolute Gasteiger partial charge is 0.249 e. The molecule has 0 radical (unpaired) electrons. The van der Waals surface area contributed by atoms with Gasteiger partial charge in [-0.25, -0.2) is 0 Å². The largest absolute Gasteiger partial charge is 0.416 e. The van der Waals surface area contributed by atoms with E-state index < -0.39 is 42.9 Å². The van der Waals surface area contributed by atoms with Gasteiger partial charge in [0.1, 0.15) is 10.9 Å². The molecule has 0 aliphatic carbocycles. The number of nitrogens with zero attached hydrogens (tertiary/aromatic N) is 4. The van der Waals surface area contributed by atoms with Crippen molar-refractivity contribution in [1.82, 2.24) is 20.2 Å². The minimum absolute atomic E-state index is 0.265. The minimum atomic E-state index is -3.20. The molecule has 0 amide bonds. The zero-order valence-corrected chi connectivity index (χ0v) is 80.8. The van der Waals surface area contributed by atoms with Crippen LogP contribution in [0.5, 0.6) is 0 Å². The van der Waals surface area contributed by atoms with Crippen LogP contribution in [0.2, 0.25) is 0 Å². The highest BCUT2D eigenvalue weighted by atomic mass is 32.1. The molecule has 5 aromatic heterocycles. The second kappa shape index (κ2) is 39.8. The molecule has 662 valence electrons. The number of hydrogen-bond donors (Lipinski definition) is 0. The molecule has 0 N–H and O–H groups in total. The Labute approximate surface area is 804 Å². The van der Waals surface area contributed by atoms with Gasteiger partial charge in [0.2, 0.25) is 11.8 Å². The average Bonchev–Trinajstić information content (AvgIpc) is 1.30. The van der Waals surface area contributed by atoms with Crippen molar-refractivity contribution in [3.8, 4) is 54.9 Å². The van der Waals surface area contributed by atoms with E-state index >= 15 is 9.13 Å². The van der Waals surface area contributed by atoms with Gasteiger partial charge in [-0.05, 0) is 92.3 Å². The first-order valence-corrected chi connectivity index (χ1v) is 56.5. The van der Waals surface area contributed by atoms with Crippen LogP contribution in [0.3, 0.4) is 0 Å². The van der Waals surface area contributed by atoms with Gasteiger partial charge in [-0.15, -0.1) is 32.9 Å². The quantitative estimate of drug-likeness (QED) is 0.0442. The monoisotopic (exact) mass is 1920 g/mol. The molecular weight excluding hydrogens is 1840 g/mol. The molecule has 17 aromatic carbocycles. The van der Waals surface area contributed by atoms with Gasteiger partial charge in [0, 0.05) is 96.4 Å². The van der Waals surface area contributed by atoms with Crippen LogP contribution in [-0.4, -0.2) is 20.2 Å². The van der Waals surface area contributed by atoms with Crippen molar-refractivity contribution in [1.29, 1.82) is 0 Å². The molecule has 0 atom stereocenters. The zero-order valence-electron chi connectivity index (χ0n) is 73.8. The first-order valence-electron chi connectivity index (χ1n) is 44.7. The summed E-state index contributed by atoms with van der Waals surface area (Å²) in [6, 6.07) is 165. The maximum Gasteiger partial charge on any atom is 0.249 e. The fraction of sp³-hybridized carbons (Fsp3) is 0. The highest BCUT2D eigenvalue weighted by Crippen LogP contribution is 2.52. The van der Waals surface area contributed by atoms with Gasteiger partial charge < -0.3 is 31.8 Å². The molecule has 5 heterocycles. The third-order valence-electron chi connectivity index (χ3n) is 24.5. The van der Waals surface area contributed by atoms with Gasteiger partial charge in [0.05, 0.1) is 20.4 Å². The van der Waals surface area contributed by atoms with Crippen LogP contribution in [0.4, 0.5) is 0 Å². The van der Waals surface area contributed by atoms with E-state index in [0.717, 1.165) is 116 Å². The molecule has 0 spiro atoms. The summed E-state index contributed by atoms with van der Waals surface area (Å²) in [5.41, 5.74) is 6.51. The normalized spacial score (nSPS) is 11.8. The van der Waals surface area contributed by atoms with Gasteiger partial charge >= 0.3 is 0 Å². The molecule has 19 heteroatoms. The van der Waals surface area contributed by atoms with Crippen molar-refractivity contribution in [3.63, 3.8) is 0 Å². The minimum Gasteiger partial charge on any atom is -0.416 e. The number of aromatic nitrogens is 4. The van der Waals surface area contributed by atoms with Crippen LogP contribution in [0.15, 0.2) is 526 Å². The molecule has 0 aliphatic rings. The Hall–Kier alpha value is -14.5. The lowest BCUT2D eigenvalue weighted by Crippen LogP contribution is -2.26. The summed E-state index contributed by atoms with van der Waals surface area (Å²) in [5, 5.41) is 24.0. The molecule has 11 nitrogen and oxygen atoms in total. The lowest BCUT2D eigenvalue weighted by Gasteiger charge is -2.22. The maximum absolute atomic E-state index is 15.1. The van der Waals surface area contributed by atoms with Crippen LogP contribution in [0, 0.1) is 0 Å². The third-order valence-corrected chi connectivity index (χ3v) is 46.3. The Morgan fingerprint density at radius 3 is 0.577 bits per heavy atom. The van der Waals surface area contributed by atoms with Crippen molar-refractivity contribution in [2.45, 2.75) is 0 Å². The first-order chi connectivity index (χ1) is 67.2. The fourth-order valence-electron chi connectivity index (χ4n) is 17.7. The van der Waals surface area contributed by atoms with Crippen LogP contribution >= 0.6 is 65.5 Å². The number of fused-ring (bicyclic) bond motifs is 2. The average molecular weight is 1920 g/mol. The first kappa shape index (κ1) is 90.3. The molecule has 0 unspecified atom stereocenters. The van der Waals surface area contributed by atoms with Crippen molar-refractivity contribution >= 4 is 181 Å². The van der Waals surface area contributed by atoms with Gasteiger partial charge in [-0.3, -0.25) is 9.97 Å². The number of hydrogen-bond acceptors (Lipinski definition) is 13. The number of pyridine rings is 2. The Kier molecular flexibility index (Phi) is 26.2. The van der Waals surface area contributed by atoms with Crippen molar-refractivity contribution in [2.24, 2.45) is 0 Å². The predicted octanol–water partition coefficient (Wildman–Crippen LogP) is 22.8. The van der Waals surface area contributed by atoms with Crippen molar-refractivity contribution in [2.75, 3.05) is 0 Å². The summed E-state index contributed by atoms with van der Waals surface area (Å²) >= 11 is 3.11. The lowest BCUT2D eigenvalue weighted by molar-refractivity contribution is 0.583. The molecule has 137 heavy (non-hydrogen) atoms.